The van der Waals surface area contributed by atoms with Gasteiger partial charge in [-0.05, 0) is 68.3 Å². The molecule has 0 radical (unpaired) electrons. The molecule has 8 nitrogen and oxygen atoms in total. The molecule has 0 unspecified atom stereocenters. The summed E-state index contributed by atoms with van der Waals surface area (Å²) in [6.45, 7) is 8.93. The molecule has 3 aliphatic rings. The van der Waals surface area contributed by atoms with Gasteiger partial charge in [0.15, 0.2) is 9.97 Å². The minimum atomic E-state index is -4.37. The molecule has 16 heteroatoms. The van der Waals surface area contributed by atoms with Gasteiger partial charge in [-0.15, -0.1) is 11.3 Å². The standard InChI is InChI=1S/2C15H14F3N3OS/c2*1-10-9-21(12-5-3-11(4-6-12)15(16,17)18)14(23-10)19-13(22)20-7-2-8-20/h3-6,9H,2,7-8H2,1H3;3-6H,1-2,7-9H2/b2*19-14-. The Balaban J connectivity index is 0.000000181. The Morgan fingerprint density at radius 3 is 1.70 bits per heavy atom. The van der Waals surface area contributed by atoms with E-state index in [1.165, 1.54) is 47.4 Å². The highest BCUT2D eigenvalue weighted by molar-refractivity contribution is 8.18. The van der Waals surface area contributed by atoms with E-state index in [0.717, 1.165) is 46.9 Å². The first-order valence-corrected chi connectivity index (χ1v) is 15.7. The molecule has 3 saturated heterocycles. The number of aliphatic imine (C=N–C) groups is 1. The Bertz CT molecular complexity index is 1700. The molecule has 3 aromatic rings. The summed E-state index contributed by atoms with van der Waals surface area (Å²) >= 11 is 2.60. The van der Waals surface area contributed by atoms with Crippen molar-refractivity contribution in [2.75, 3.05) is 37.6 Å². The smallest absolute Gasteiger partial charge is 0.323 e. The average Bonchev–Trinajstić information content (AvgIpc) is 3.47. The molecule has 4 amide bonds. The number of carbonyl (C=O) groups is 2. The van der Waals surface area contributed by atoms with Gasteiger partial charge < -0.3 is 14.7 Å². The van der Waals surface area contributed by atoms with Crippen LogP contribution in [0.15, 0.2) is 76.2 Å². The molecule has 0 aliphatic carbocycles. The van der Waals surface area contributed by atoms with Crippen LogP contribution in [0.3, 0.4) is 0 Å². The lowest BCUT2D eigenvalue weighted by molar-refractivity contribution is -0.138. The number of benzene rings is 2. The summed E-state index contributed by atoms with van der Waals surface area (Å²) in [5.41, 5.74) is -0.317. The van der Waals surface area contributed by atoms with Crippen molar-refractivity contribution in [2.45, 2.75) is 32.1 Å². The first-order valence-electron chi connectivity index (χ1n) is 14.1. The highest BCUT2D eigenvalue weighted by atomic mass is 32.2. The van der Waals surface area contributed by atoms with Crippen molar-refractivity contribution in [3.63, 3.8) is 0 Å². The number of amides is 4. The van der Waals surface area contributed by atoms with Crippen molar-refractivity contribution >= 4 is 46.0 Å². The Morgan fingerprint density at radius 2 is 1.24 bits per heavy atom. The van der Waals surface area contributed by atoms with E-state index in [1.54, 1.807) is 25.5 Å². The number of rotatable bonds is 2. The zero-order valence-electron chi connectivity index (χ0n) is 24.4. The van der Waals surface area contributed by atoms with Crippen molar-refractivity contribution in [3.05, 3.63) is 87.0 Å². The number of aryl methyl sites for hydroxylation is 1. The molecular weight excluding hydrogens is 654 g/mol. The Kier molecular flexibility index (Phi) is 9.67. The van der Waals surface area contributed by atoms with Crippen LogP contribution in [0.5, 0.6) is 0 Å². The summed E-state index contributed by atoms with van der Waals surface area (Å²) in [6, 6.07) is 8.99. The molecule has 0 atom stereocenters. The van der Waals surface area contributed by atoms with E-state index in [2.05, 4.69) is 16.6 Å². The SMILES string of the molecule is C=C1CN(c2ccc(C(F)(F)F)cc2)/C(=N/C(=O)N2CCC2)S1.Cc1cn(-c2ccc(C(F)(F)F)cc2)/c(=N/C(=O)N2CCC2)s1. The van der Waals surface area contributed by atoms with Gasteiger partial charge in [0.1, 0.15) is 0 Å². The number of anilines is 1. The second kappa shape index (κ2) is 13.4. The van der Waals surface area contributed by atoms with E-state index < -0.39 is 23.5 Å². The van der Waals surface area contributed by atoms with Crippen LogP contribution in [-0.2, 0) is 12.4 Å². The molecule has 1 aromatic heterocycles. The van der Waals surface area contributed by atoms with E-state index in [9.17, 15) is 35.9 Å². The molecule has 0 spiro atoms. The summed E-state index contributed by atoms with van der Waals surface area (Å²) in [4.78, 5) is 39.3. The summed E-state index contributed by atoms with van der Waals surface area (Å²) in [5.74, 6) is 0. The minimum Gasteiger partial charge on any atom is -0.323 e. The monoisotopic (exact) mass is 682 g/mol. The lowest BCUT2D eigenvalue weighted by Crippen LogP contribution is -2.41. The number of likely N-dealkylation sites (tertiary alicyclic amines) is 2. The van der Waals surface area contributed by atoms with Gasteiger partial charge >= 0.3 is 24.4 Å². The molecular formula is C30H28F6N6O2S2. The van der Waals surface area contributed by atoms with Crippen LogP contribution in [0, 0.1) is 6.92 Å². The van der Waals surface area contributed by atoms with Gasteiger partial charge in [0, 0.05) is 53.5 Å². The molecule has 0 saturated carbocycles. The van der Waals surface area contributed by atoms with E-state index in [4.69, 9.17) is 0 Å². The third-order valence-electron chi connectivity index (χ3n) is 7.19. The number of urea groups is 2. The summed E-state index contributed by atoms with van der Waals surface area (Å²) < 4.78 is 77.5. The zero-order chi connectivity index (χ0) is 33.2. The zero-order valence-corrected chi connectivity index (χ0v) is 26.1. The second-order valence-electron chi connectivity index (χ2n) is 10.6. The quantitative estimate of drug-likeness (QED) is 0.262. The number of aromatic nitrogens is 1. The Labute approximate surface area is 268 Å². The lowest BCUT2D eigenvalue weighted by Gasteiger charge is -2.29. The number of carbonyl (C=O) groups excluding carboxylic acids is 2. The van der Waals surface area contributed by atoms with Crippen LogP contribution in [-0.4, -0.2) is 64.3 Å². The van der Waals surface area contributed by atoms with Crippen molar-refractivity contribution in [1.29, 1.82) is 0 Å². The number of alkyl halides is 6. The second-order valence-corrected chi connectivity index (χ2v) is 12.9. The first kappa shape index (κ1) is 33.3. The van der Waals surface area contributed by atoms with Gasteiger partial charge in [0.2, 0.25) is 0 Å². The Morgan fingerprint density at radius 1 is 0.761 bits per heavy atom. The molecule has 244 valence electrons. The fourth-order valence-electron chi connectivity index (χ4n) is 4.43. The number of amidine groups is 1. The predicted octanol–water partition coefficient (Wildman–Crippen LogP) is 7.55. The highest BCUT2D eigenvalue weighted by Gasteiger charge is 2.32. The topological polar surface area (TPSA) is 73.5 Å². The van der Waals surface area contributed by atoms with Gasteiger partial charge in [-0.25, -0.2) is 9.59 Å². The number of halogens is 6. The molecule has 0 N–H and O–H groups in total. The largest absolute Gasteiger partial charge is 0.416 e. The van der Waals surface area contributed by atoms with E-state index >= 15 is 0 Å². The number of thioether (sulfide) groups is 1. The maximum absolute atomic E-state index is 12.6. The number of hydrogen-bond donors (Lipinski definition) is 0. The fourth-order valence-corrected chi connectivity index (χ4v) is 6.11. The number of thiazole rings is 1. The first-order chi connectivity index (χ1) is 21.7. The lowest BCUT2D eigenvalue weighted by atomic mass is 10.2. The predicted molar refractivity (Wildman–Crippen MR) is 165 cm³/mol. The molecule has 4 heterocycles. The maximum atomic E-state index is 12.6. The summed E-state index contributed by atoms with van der Waals surface area (Å²) in [5, 5.41) is 0.451. The van der Waals surface area contributed by atoms with Crippen molar-refractivity contribution in [1.82, 2.24) is 14.4 Å². The van der Waals surface area contributed by atoms with Crippen molar-refractivity contribution in [2.24, 2.45) is 9.98 Å². The third kappa shape index (κ3) is 7.84. The molecule has 3 fully saturated rings. The van der Waals surface area contributed by atoms with Crippen LogP contribution in [0.1, 0.15) is 28.8 Å². The molecule has 46 heavy (non-hydrogen) atoms. The third-order valence-corrected chi connectivity index (χ3v) is 9.00. The van der Waals surface area contributed by atoms with Gasteiger partial charge in [-0.3, -0.25) is 4.57 Å². The maximum Gasteiger partial charge on any atom is 0.416 e. The van der Waals surface area contributed by atoms with Crippen LogP contribution in [0.4, 0.5) is 41.6 Å². The normalized spacial score (nSPS) is 17.9. The van der Waals surface area contributed by atoms with Crippen LogP contribution in [0.25, 0.3) is 5.69 Å². The molecule has 0 bridgehead atoms. The Hall–Kier alpha value is -4.05. The minimum absolute atomic E-state index is 0.307. The van der Waals surface area contributed by atoms with Gasteiger partial charge in [0.25, 0.3) is 0 Å². The van der Waals surface area contributed by atoms with E-state index in [1.807, 2.05) is 6.92 Å². The van der Waals surface area contributed by atoms with Crippen LogP contribution < -0.4 is 9.70 Å². The van der Waals surface area contributed by atoms with E-state index in [-0.39, 0.29) is 12.1 Å². The average molecular weight is 683 g/mol. The van der Waals surface area contributed by atoms with Gasteiger partial charge in [0.05, 0.1) is 17.7 Å². The van der Waals surface area contributed by atoms with Gasteiger partial charge in [-0.1, -0.05) is 18.3 Å². The number of nitrogens with zero attached hydrogens (tertiary/aromatic N) is 6. The van der Waals surface area contributed by atoms with Crippen molar-refractivity contribution in [3.8, 4) is 5.69 Å². The van der Waals surface area contributed by atoms with Crippen molar-refractivity contribution < 1.29 is 35.9 Å². The van der Waals surface area contributed by atoms with E-state index in [0.29, 0.717) is 54.1 Å². The molecule has 6 rings (SSSR count). The van der Waals surface area contributed by atoms with Gasteiger partial charge in [-0.2, -0.15) is 36.3 Å². The van der Waals surface area contributed by atoms with Crippen LogP contribution in [0.2, 0.25) is 0 Å². The summed E-state index contributed by atoms with van der Waals surface area (Å²) in [7, 11) is 0. The highest BCUT2D eigenvalue weighted by Crippen LogP contribution is 2.35. The fraction of sp³-hybridized carbons (Fsp3) is 0.333. The van der Waals surface area contributed by atoms with Crippen LogP contribution >= 0.6 is 23.1 Å². The molecule has 3 aliphatic heterocycles. The summed E-state index contributed by atoms with van der Waals surface area (Å²) in [6.07, 6.45) is -5.03. The molecule has 2 aromatic carbocycles. The number of hydrogen-bond acceptors (Lipinski definition) is 4.